The third-order valence-electron chi connectivity index (χ3n) is 3.95. The summed E-state index contributed by atoms with van der Waals surface area (Å²) in [7, 11) is 0. The van der Waals surface area contributed by atoms with Crippen LogP contribution in [0.3, 0.4) is 0 Å². The summed E-state index contributed by atoms with van der Waals surface area (Å²) in [5, 5.41) is 17.8. The maximum atomic E-state index is 8.91. The highest BCUT2D eigenvalue weighted by Gasteiger charge is 2.07. The fourth-order valence-electron chi connectivity index (χ4n) is 2.51. The quantitative estimate of drug-likeness (QED) is 0.513. The van der Waals surface area contributed by atoms with Crippen LogP contribution >= 0.6 is 0 Å². The number of aliphatic hydroxyl groups is 2. The van der Waals surface area contributed by atoms with Gasteiger partial charge in [0.05, 0.1) is 0 Å². The average Bonchev–Trinajstić information content (AvgIpc) is 2.35. The molecule has 2 heteroatoms. The summed E-state index contributed by atoms with van der Waals surface area (Å²) in [6, 6.07) is 0. The second-order valence-electron chi connectivity index (χ2n) is 5.21. The van der Waals surface area contributed by atoms with Crippen LogP contribution in [0.2, 0.25) is 0 Å². The summed E-state index contributed by atoms with van der Waals surface area (Å²) in [6.45, 7) is 5.11. The minimum absolute atomic E-state index is 0.340. The molecule has 2 nitrogen and oxygen atoms in total. The summed E-state index contributed by atoms with van der Waals surface area (Å²) < 4.78 is 0. The van der Waals surface area contributed by atoms with E-state index in [-0.39, 0.29) is 0 Å². The van der Waals surface area contributed by atoms with Gasteiger partial charge in [0.1, 0.15) is 0 Å². The molecule has 2 atom stereocenters. The van der Waals surface area contributed by atoms with E-state index in [0.717, 1.165) is 24.7 Å². The monoisotopic (exact) mass is 244 g/mol. The molecule has 0 amide bonds. The van der Waals surface area contributed by atoms with E-state index in [1.807, 2.05) is 0 Å². The lowest BCUT2D eigenvalue weighted by Gasteiger charge is -2.15. The first-order valence-corrected chi connectivity index (χ1v) is 7.50. The van der Waals surface area contributed by atoms with Gasteiger partial charge in [-0.05, 0) is 24.7 Å². The van der Waals surface area contributed by atoms with Crippen molar-refractivity contribution in [1.29, 1.82) is 0 Å². The van der Waals surface area contributed by atoms with Gasteiger partial charge in [-0.1, -0.05) is 58.8 Å². The summed E-state index contributed by atoms with van der Waals surface area (Å²) in [5.41, 5.74) is 0. The Morgan fingerprint density at radius 2 is 1.06 bits per heavy atom. The third-order valence-corrected chi connectivity index (χ3v) is 3.95. The highest BCUT2D eigenvalue weighted by Crippen LogP contribution is 2.20. The average molecular weight is 244 g/mol. The highest BCUT2D eigenvalue weighted by molar-refractivity contribution is 4.60. The van der Waals surface area contributed by atoms with E-state index in [1.54, 1.807) is 0 Å². The second kappa shape index (κ2) is 12.4. The van der Waals surface area contributed by atoms with Crippen molar-refractivity contribution in [3.63, 3.8) is 0 Å². The smallest absolute Gasteiger partial charge is 0.0433 e. The molecule has 2 N–H and O–H groups in total. The van der Waals surface area contributed by atoms with E-state index in [0.29, 0.717) is 13.2 Å². The lowest BCUT2D eigenvalue weighted by atomic mass is 9.92. The van der Waals surface area contributed by atoms with Gasteiger partial charge in [0, 0.05) is 13.2 Å². The van der Waals surface area contributed by atoms with Crippen LogP contribution in [0.25, 0.3) is 0 Å². The topological polar surface area (TPSA) is 40.5 Å². The highest BCUT2D eigenvalue weighted by atomic mass is 16.3. The zero-order valence-corrected chi connectivity index (χ0v) is 11.8. The van der Waals surface area contributed by atoms with Gasteiger partial charge in [-0.3, -0.25) is 0 Å². The molecule has 0 heterocycles. The molecular weight excluding hydrogens is 212 g/mol. The maximum absolute atomic E-state index is 8.91. The Kier molecular flexibility index (Phi) is 12.3. The summed E-state index contributed by atoms with van der Waals surface area (Å²) in [6.07, 6.45) is 10.8. The van der Waals surface area contributed by atoms with E-state index in [1.165, 1.54) is 44.9 Å². The number of hydrogen-bond donors (Lipinski definition) is 2. The van der Waals surface area contributed by atoms with Gasteiger partial charge in [0.2, 0.25) is 0 Å². The van der Waals surface area contributed by atoms with Gasteiger partial charge in [-0.2, -0.15) is 0 Å². The van der Waals surface area contributed by atoms with Crippen LogP contribution in [0.5, 0.6) is 0 Å². The molecule has 0 aliphatic heterocycles. The number of aliphatic hydroxyl groups excluding tert-OH is 2. The molecule has 0 aliphatic rings. The summed E-state index contributed by atoms with van der Waals surface area (Å²) in [5.74, 6) is 1.44. The molecule has 0 aromatic heterocycles. The molecule has 0 saturated carbocycles. The van der Waals surface area contributed by atoms with Gasteiger partial charge in [-0.25, -0.2) is 0 Å². The first-order valence-electron chi connectivity index (χ1n) is 7.50. The Bertz CT molecular complexity index is 132. The molecule has 104 valence electrons. The molecular formula is C15H32O2. The van der Waals surface area contributed by atoms with Crippen molar-refractivity contribution in [3.05, 3.63) is 0 Å². The Morgan fingerprint density at radius 1 is 0.647 bits per heavy atom. The molecule has 0 radical (unpaired) electrons. The van der Waals surface area contributed by atoms with E-state index < -0.39 is 0 Å². The largest absolute Gasteiger partial charge is 0.396 e. The Hall–Kier alpha value is -0.0800. The normalized spacial score (nSPS) is 14.8. The van der Waals surface area contributed by atoms with E-state index in [9.17, 15) is 0 Å². The van der Waals surface area contributed by atoms with Crippen molar-refractivity contribution in [1.82, 2.24) is 0 Å². The van der Waals surface area contributed by atoms with Crippen LogP contribution < -0.4 is 0 Å². The molecule has 0 saturated heterocycles. The van der Waals surface area contributed by atoms with Gasteiger partial charge >= 0.3 is 0 Å². The third kappa shape index (κ3) is 9.61. The maximum Gasteiger partial charge on any atom is 0.0433 e. The number of hydrogen-bond acceptors (Lipinski definition) is 2. The van der Waals surface area contributed by atoms with Crippen LogP contribution in [0.1, 0.15) is 71.6 Å². The van der Waals surface area contributed by atoms with Crippen molar-refractivity contribution in [3.8, 4) is 0 Å². The minimum Gasteiger partial charge on any atom is -0.396 e. The van der Waals surface area contributed by atoms with Crippen LogP contribution in [-0.2, 0) is 0 Å². The fourth-order valence-corrected chi connectivity index (χ4v) is 2.51. The fraction of sp³-hybridized carbons (Fsp3) is 1.00. The SMILES string of the molecule is CCC(CCO)CCCCCC(CC)CCO. The first-order chi connectivity index (χ1) is 8.28. The Balaban J connectivity index is 3.43. The predicted octanol–water partition coefficient (Wildman–Crippen LogP) is 3.75. The zero-order chi connectivity index (χ0) is 12.9. The number of unbranched alkanes of at least 4 members (excludes halogenated alkanes) is 2. The summed E-state index contributed by atoms with van der Waals surface area (Å²) in [4.78, 5) is 0. The summed E-state index contributed by atoms with van der Waals surface area (Å²) >= 11 is 0. The van der Waals surface area contributed by atoms with Gasteiger partial charge in [0.15, 0.2) is 0 Å². The molecule has 0 aromatic rings. The van der Waals surface area contributed by atoms with Gasteiger partial charge in [0.25, 0.3) is 0 Å². The molecule has 17 heavy (non-hydrogen) atoms. The van der Waals surface area contributed by atoms with E-state index in [4.69, 9.17) is 10.2 Å². The van der Waals surface area contributed by atoms with Crippen molar-refractivity contribution in [2.24, 2.45) is 11.8 Å². The van der Waals surface area contributed by atoms with Crippen molar-refractivity contribution in [2.75, 3.05) is 13.2 Å². The predicted molar refractivity (Wildman–Crippen MR) is 74.1 cm³/mol. The molecule has 0 rings (SSSR count). The number of rotatable bonds is 12. The van der Waals surface area contributed by atoms with Gasteiger partial charge in [-0.15, -0.1) is 0 Å². The van der Waals surface area contributed by atoms with Crippen molar-refractivity contribution in [2.45, 2.75) is 71.6 Å². The molecule has 0 aliphatic carbocycles. The standard InChI is InChI=1S/C15H32O2/c1-3-14(10-12-16)8-6-5-7-9-15(4-2)11-13-17/h14-17H,3-13H2,1-2H3. The lowest BCUT2D eigenvalue weighted by molar-refractivity contribution is 0.242. The van der Waals surface area contributed by atoms with Crippen LogP contribution in [0, 0.1) is 11.8 Å². The molecule has 0 aromatic carbocycles. The van der Waals surface area contributed by atoms with Crippen molar-refractivity contribution < 1.29 is 10.2 Å². The van der Waals surface area contributed by atoms with Crippen LogP contribution in [0.4, 0.5) is 0 Å². The van der Waals surface area contributed by atoms with Crippen LogP contribution in [-0.4, -0.2) is 23.4 Å². The molecule has 0 fully saturated rings. The molecule has 0 bridgehead atoms. The molecule has 0 spiro atoms. The zero-order valence-electron chi connectivity index (χ0n) is 11.8. The first kappa shape index (κ1) is 16.9. The Labute approximate surface area is 107 Å². The second-order valence-corrected chi connectivity index (χ2v) is 5.21. The Morgan fingerprint density at radius 3 is 1.35 bits per heavy atom. The molecule has 2 unspecified atom stereocenters. The van der Waals surface area contributed by atoms with Crippen LogP contribution in [0.15, 0.2) is 0 Å². The minimum atomic E-state index is 0.340. The van der Waals surface area contributed by atoms with Crippen molar-refractivity contribution >= 4 is 0 Å². The lowest BCUT2D eigenvalue weighted by Crippen LogP contribution is -2.03. The van der Waals surface area contributed by atoms with E-state index in [2.05, 4.69) is 13.8 Å². The van der Waals surface area contributed by atoms with E-state index >= 15 is 0 Å². The van der Waals surface area contributed by atoms with Gasteiger partial charge < -0.3 is 10.2 Å².